The number of halogens is 3. The molecular formula is C29H31F3O2. The Balaban J connectivity index is 0.00000199. The minimum atomic E-state index is -0.869. The first-order valence-corrected chi connectivity index (χ1v) is 11.0. The molecule has 1 aliphatic carbocycles. The van der Waals surface area contributed by atoms with Gasteiger partial charge >= 0.3 is 0 Å². The van der Waals surface area contributed by atoms with Crippen molar-refractivity contribution in [3.8, 4) is 16.9 Å². The van der Waals surface area contributed by atoms with Crippen molar-refractivity contribution >= 4 is 0 Å². The van der Waals surface area contributed by atoms with E-state index in [1.165, 1.54) is 25.3 Å². The maximum Gasteiger partial charge on any atom is 0.166 e. The quantitative estimate of drug-likeness (QED) is 0.251. The molecule has 1 saturated carbocycles. The van der Waals surface area contributed by atoms with Crippen LogP contribution in [0.15, 0.2) is 98.1 Å². The van der Waals surface area contributed by atoms with Gasteiger partial charge in [-0.25, -0.2) is 13.2 Å². The van der Waals surface area contributed by atoms with Crippen LogP contribution in [0.5, 0.6) is 5.75 Å². The van der Waals surface area contributed by atoms with Gasteiger partial charge in [-0.1, -0.05) is 49.6 Å². The lowest BCUT2D eigenvalue weighted by Gasteiger charge is -2.27. The number of methoxy groups -OCH3 is 1. The van der Waals surface area contributed by atoms with Crippen LogP contribution in [0.3, 0.4) is 0 Å². The predicted octanol–water partition coefficient (Wildman–Crippen LogP) is 8.54. The van der Waals surface area contributed by atoms with Crippen LogP contribution in [0.2, 0.25) is 0 Å². The van der Waals surface area contributed by atoms with Crippen molar-refractivity contribution in [3.63, 3.8) is 0 Å². The van der Waals surface area contributed by atoms with Crippen molar-refractivity contribution in [3.05, 3.63) is 115 Å². The average Bonchev–Trinajstić information content (AvgIpc) is 2.86. The van der Waals surface area contributed by atoms with E-state index < -0.39 is 17.5 Å². The summed E-state index contributed by atoms with van der Waals surface area (Å²) < 4.78 is 48.5. The first-order valence-electron chi connectivity index (χ1n) is 11.0. The van der Waals surface area contributed by atoms with Gasteiger partial charge in [-0.15, -0.1) is 13.2 Å². The number of hydrogen-bond donors (Lipinski definition) is 1. The highest BCUT2D eigenvalue weighted by atomic mass is 19.2. The van der Waals surface area contributed by atoms with Gasteiger partial charge in [0.1, 0.15) is 17.3 Å². The summed E-state index contributed by atoms with van der Waals surface area (Å²) in [7, 11) is 1.42. The first kappa shape index (κ1) is 26.8. The van der Waals surface area contributed by atoms with Gasteiger partial charge in [-0.2, -0.15) is 0 Å². The zero-order chi connectivity index (χ0) is 25.3. The minimum Gasteiger partial charge on any atom is -0.508 e. The van der Waals surface area contributed by atoms with Gasteiger partial charge in [0.25, 0.3) is 0 Å². The SMILES string of the molecule is C=C.C=C(/C=C(/F)C(=C)/C=C/C1CCC(c2ccc(-c3ccc(O)cc3)c(F)c2F)CC1)OC. The smallest absolute Gasteiger partial charge is 0.166 e. The topological polar surface area (TPSA) is 29.5 Å². The molecule has 0 aliphatic heterocycles. The number of aromatic hydroxyl groups is 1. The molecule has 34 heavy (non-hydrogen) atoms. The van der Waals surface area contributed by atoms with Crippen molar-refractivity contribution in [2.45, 2.75) is 31.6 Å². The van der Waals surface area contributed by atoms with Gasteiger partial charge in [-0.05, 0) is 60.8 Å². The highest BCUT2D eigenvalue weighted by molar-refractivity contribution is 5.65. The molecule has 1 fully saturated rings. The van der Waals surface area contributed by atoms with Gasteiger partial charge in [0.15, 0.2) is 11.6 Å². The molecule has 0 bridgehead atoms. The largest absolute Gasteiger partial charge is 0.508 e. The van der Waals surface area contributed by atoms with Crippen molar-refractivity contribution in [2.75, 3.05) is 7.11 Å². The standard InChI is InChI=1S/C27H27F3O2.C2H4/c1-17(25(28)16-18(2)32-3)4-5-19-6-8-20(9-7-19)23-14-15-24(27(30)26(23)29)21-10-12-22(31)13-11-21;1-2/h4-5,10-16,19-20,31H,1-2,6-9H2,3H3;1-2H2/b5-4+,25-16+;. The van der Waals surface area contributed by atoms with Crippen LogP contribution in [-0.2, 0) is 4.74 Å². The molecule has 0 spiro atoms. The van der Waals surface area contributed by atoms with Crippen molar-refractivity contribution in [2.24, 2.45) is 5.92 Å². The van der Waals surface area contributed by atoms with Crippen LogP contribution >= 0.6 is 0 Å². The number of rotatable bonds is 7. The Morgan fingerprint density at radius 3 is 2.18 bits per heavy atom. The number of phenolic OH excluding ortho intramolecular Hbond substituents is 1. The van der Waals surface area contributed by atoms with Crippen LogP contribution in [-0.4, -0.2) is 12.2 Å². The number of ether oxygens (including phenoxy) is 1. The van der Waals surface area contributed by atoms with Crippen molar-refractivity contribution in [1.29, 1.82) is 0 Å². The van der Waals surface area contributed by atoms with E-state index in [1.54, 1.807) is 30.3 Å². The Kier molecular flexibility index (Phi) is 9.99. The maximum absolute atomic E-state index is 14.9. The van der Waals surface area contributed by atoms with E-state index >= 15 is 0 Å². The van der Waals surface area contributed by atoms with E-state index in [0.717, 1.165) is 25.7 Å². The molecule has 3 rings (SSSR count). The Hall–Kier alpha value is -3.47. The normalized spacial score (nSPS) is 18.2. The molecule has 0 heterocycles. The lowest BCUT2D eigenvalue weighted by atomic mass is 9.78. The lowest BCUT2D eigenvalue weighted by molar-refractivity contribution is 0.307. The van der Waals surface area contributed by atoms with Crippen molar-refractivity contribution < 1.29 is 23.0 Å². The number of phenols is 1. The van der Waals surface area contributed by atoms with E-state index in [0.29, 0.717) is 11.1 Å². The Morgan fingerprint density at radius 2 is 1.59 bits per heavy atom. The second-order valence-electron chi connectivity index (χ2n) is 8.04. The third-order valence-corrected chi connectivity index (χ3v) is 5.93. The summed E-state index contributed by atoms with van der Waals surface area (Å²) in [6.45, 7) is 13.3. The molecule has 0 atom stereocenters. The molecule has 180 valence electrons. The molecule has 0 saturated heterocycles. The van der Waals surface area contributed by atoms with Gasteiger partial charge in [-0.3, -0.25) is 0 Å². The van der Waals surface area contributed by atoms with Crippen LogP contribution in [0, 0.1) is 17.6 Å². The average molecular weight is 469 g/mol. The van der Waals surface area contributed by atoms with Crippen molar-refractivity contribution in [1.82, 2.24) is 0 Å². The Morgan fingerprint density at radius 1 is 0.971 bits per heavy atom. The Labute approximate surface area is 200 Å². The summed E-state index contributed by atoms with van der Waals surface area (Å²) in [5, 5.41) is 9.40. The molecule has 2 nitrogen and oxygen atoms in total. The van der Waals surface area contributed by atoms with Crippen LogP contribution in [0.25, 0.3) is 11.1 Å². The molecule has 1 aliphatic rings. The summed E-state index contributed by atoms with van der Waals surface area (Å²) in [6.07, 6.45) is 7.78. The zero-order valence-electron chi connectivity index (χ0n) is 19.5. The molecule has 0 unspecified atom stereocenters. The number of allylic oxidation sites excluding steroid dienone is 5. The molecule has 2 aromatic carbocycles. The fraction of sp³-hybridized carbons (Fsp3) is 0.241. The van der Waals surface area contributed by atoms with E-state index in [2.05, 4.69) is 26.3 Å². The summed E-state index contributed by atoms with van der Waals surface area (Å²) in [5.41, 5.74) is 1.31. The first-order chi connectivity index (χ1) is 16.3. The Bertz CT molecular complexity index is 1060. The number of benzene rings is 2. The molecule has 0 amide bonds. The highest BCUT2D eigenvalue weighted by Crippen LogP contribution is 2.39. The van der Waals surface area contributed by atoms with Gasteiger partial charge < -0.3 is 9.84 Å². The summed E-state index contributed by atoms with van der Waals surface area (Å²) >= 11 is 0. The molecule has 5 heteroatoms. The van der Waals surface area contributed by atoms with Crippen LogP contribution in [0.4, 0.5) is 13.2 Å². The third-order valence-electron chi connectivity index (χ3n) is 5.93. The molecule has 1 N–H and O–H groups in total. The van der Waals surface area contributed by atoms with Crippen LogP contribution < -0.4 is 0 Å². The fourth-order valence-electron chi connectivity index (χ4n) is 3.99. The predicted molar refractivity (Wildman–Crippen MR) is 133 cm³/mol. The van der Waals surface area contributed by atoms with Crippen LogP contribution in [0.1, 0.15) is 37.2 Å². The highest BCUT2D eigenvalue weighted by Gasteiger charge is 2.25. The summed E-state index contributed by atoms with van der Waals surface area (Å²) in [6, 6.07) is 9.26. The zero-order valence-corrected chi connectivity index (χ0v) is 19.5. The van der Waals surface area contributed by atoms with Gasteiger partial charge in [0, 0.05) is 17.2 Å². The molecule has 0 radical (unpaired) electrons. The molecule has 0 aromatic heterocycles. The second kappa shape index (κ2) is 12.7. The van der Waals surface area contributed by atoms with E-state index in [1.807, 2.05) is 6.08 Å². The second-order valence-corrected chi connectivity index (χ2v) is 8.04. The summed E-state index contributed by atoms with van der Waals surface area (Å²) in [5.74, 6) is -1.74. The fourth-order valence-corrected chi connectivity index (χ4v) is 3.99. The maximum atomic E-state index is 14.9. The summed E-state index contributed by atoms with van der Waals surface area (Å²) in [4.78, 5) is 0. The monoisotopic (exact) mass is 468 g/mol. The van der Waals surface area contributed by atoms with Gasteiger partial charge in [0.2, 0.25) is 0 Å². The number of hydrogen-bond acceptors (Lipinski definition) is 2. The minimum absolute atomic E-state index is 0.0621. The lowest BCUT2D eigenvalue weighted by Crippen LogP contribution is -2.13. The van der Waals surface area contributed by atoms with E-state index in [9.17, 15) is 18.3 Å². The molecule has 2 aromatic rings. The molecular weight excluding hydrogens is 437 g/mol. The third kappa shape index (κ3) is 6.77. The van der Waals surface area contributed by atoms with E-state index in [4.69, 9.17) is 4.74 Å². The van der Waals surface area contributed by atoms with E-state index in [-0.39, 0.29) is 34.5 Å². The van der Waals surface area contributed by atoms with Gasteiger partial charge in [0.05, 0.1) is 7.11 Å².